The molecule has 0 radical (unpaired) electrons. The first-order valence-electron chi connectivity index (χ1n) is 5.71. The van der Waals surface area contributed by atoms with Crippen molar-refractivity contribution in [2.24, 2.45) is 0 Å². The second-order valence-corrected chi connectivity index (χ2v) is 3.75. The van der Waals surface area contributed by atoms with Crippen molar-refractivity contribution in [3.05, 3.63) is 36.5 Å². The second kappa shape index (κ2) is 5.97. The van der Waals surface area contributed by atoms with Crippen LogP contribution in [0.5, 0.6) is 5.75 Å². The molecule has 2 aromatic rings. The Labute approximate surface area is 104 Å². The number of carbonyl (C=O) groups excluding carboxylic acids is 1. The highest BCUT2D eigenvalue weighted by Gasteiger charge is 2.04. The Kier molecular flexibility index (Phi) is 4.09. The van der Waals surface area contributed by atoms with Crippen molar-refractivity contribution in [3.63, 3.8) is 0 Å². The van der Waals surface area contributed by atoms with E-state index in [9.17, 15) is 4.79 Å². The molecule has 0 spiro atoms. The Morgan fingerprint density at radius 2 is 2.28 bits per heavy atom. The molecule has 0 aliphatic rings. The molecule has 1 aromatic heterocycles. The van der Waals surface area contributed by atoms with Gasteiger partial charge in [-0.3, -0.25) is 4.98 Å². The summed E-state index contributed by atoms with van der Waals surface area (Å²) < 4.78 is 5.11. The number of aliphatic hydroxyl groups excluding tert-OH is 1. The fraction of sp³-hybridized carbons (Fsp3) is 0.231. The molecule has 0 fully saturated rings. The van der Waals surface area contributed by atoms with E-state index in [2.05, 4.69) is 10.3 Å². The van der Waals surface area contributed by atoms with Gasteiger partial charge in [0.25, 0.3) is 0 Å². The largest absolute Gasteiger partial charge is 0.412 e. The predicted molar refractivity (Wildman–Crippen MR) is 67.5 cm³/mol. The quantitative estimate of drug-likeness (QED) is 0.805. The predicted octanol–water partition coefficient (Wildman–Crippen LogP) is 1.71. The van der Waals surface area contributed by atoms with Gasteiger partial charge in [0.2, 0.25) is 0 Å². The number of nitrogens with one attached hydrogen (secondary N) is 1. The van der Waals surface area contributed by atoms with E-state index < -0.39 is 6.09 Å². The van der Waals surface area contributed by atoms with Crippen LogP contribution in [0, 0.1) is 0 Å². The number of carbonyl (C=O) groups is 1. The zero-order valence-electron chi connectivity index (χ0n) is 9.80. The molecule has 0 saturated carbocycles. The molecule has 0 aliphatic heterocycles. The molecule has 0 aliphatic carbocycles. The average Bonchev–Trinajstić information content (AvgIpc) is 2.39. The van der Waals surface area contributed by atoms with Crippen LogP contribution in [0.25, 0.3) is 10.9 Å². The Morgan fingerprint density at radius 3 is 3.11 bits per heavy atom. The van der Waals surface area contributed by atoms with Gasteiger partial charge in [0.05, 0.1) is 5.52 Å². The Morgan fingerprint density at radius 1 is 1.39 bits per heavy atom. The van der Waals surface area contributed by atoms with Crippen molar-refractivity contribution in [2.45, 2.75) is 6.42 Å². The Hall–Kier alpha value is -2.14. The lowest BCUT2D eigenvalue weighted by Crippen LogP contribution is -2.28. The van der Waals surface area contributed by atoms with Crippen LogP contribution in [0.3, 0.4) is 0 Å². The maximum absolute atomic E-state index is 11.4. The van der Waals surface area contributed by atoms with E-state index in [1.165, 1.54) is 0 Å². The summed E-state index contributed by atoms with van der Waals surface area (Å²) in [6.07, 6.45) is 1.70. The van der Waals surface area contributed by atoms with Gasteiger partial charge in [-0.25, -0.2) is 4.79 Å². The maximum Gasteiger partial charge on any atom is 0.412 e. The van der Waals surface area contributed by atoms with Crippen LogP contribution in [-0.4, -0.2) is 29.3 Å². The van der Waals surface area contributed by atoms with Gasteiger partial charge in [-0.05, 0) is 30.7 Å². The van der Waals surface area contributed by atoms with Crippen molar-refractivity contribution >= 4 is 17.0 Å². The first-order valence-corrected chi connectivity index (χ1v) is 5.71. The lowest BCUT2D eigenvalue weighted by atomic mass is 10.2. The molecule has 1 amide bonds. The van der Waals surface area contributed by atoms with Gasteiger partial charge in [-0.1, -0.05) is 6.07 Å². The fourth-order valence-electron chi connectivity index (χ4n) is 1.53. The normalized spacial score (nSPS) is 10.3. The second-order valence-electron chi connectivity index (χ2n) is 3.75. The SMILES string of the molecule is O=C(NCCCO)Oc1ccc2ncccc2c1. The number of fused-ring (bicyclic) bond motifs is 1. The molecule has 0 atom stereocenters. The summed E-state index contributed by atoms with van der Waals surface area (Å²) in [5.74, 6) is 0.469. The lowest BCUT2D eigenvalue weighted by molar-refractivity contribution is 0.199. The number of hydrogen-bond donors (Lipinski definition) is 2. The van der Waals surface area contributed by atoms with Crippen LogP contribution in [0.2, 0.25) is 0 Å². The minimum Gasteiger partial charge on any atom is -0.410 e. The summed E-state index contributed by atoms with van der Waals surface area (Å²) in [6.45, 7) is 0.437. The van der Waals surface area contributed by atoms with Gasteiger partial charge in [-0.15, -0.1) is 0 Å². The van der Waals surface area contributed by atoms with Gasteiger partial charge in [0, 0.05) is 24.7 Å². The van der Waals surface area contributed by atoms with Gasteiger partial charge in [0.1, 0.15) is 5.75 Å². The molecular weight excluding hydrogens is 232 g/mol. The van der Waals surface area contributed by atoms with Crippen LogP contribution in [0.15, 0.2) is 36.5 Å². The van der Waals surface area contributed by atoms with E-state index in [0.717, 1.165) is 10.9 Å². The Bertz CT molecular complexity index is 543. The van der Waals surface area contributed by atoms with E-state index in [1.807, 2.05) is 12.1 Å². The molecule has 5 nitrogen and oxygen atoms in total. The number of rotatable bonds is 4. The van der Waals surface area contributed by atoms with Crippen molar-refractivity contribution < 1.29 is 14.6 Å². The molecule has 5 heteroatoms. The standard InChI is InChI=1S/C13H14N2O3/c16-8-2-7-15-13(17)18-11-4-5-12-10(9-11)3-1-6-14-12/h1,3-6,9,16H,2,7-8H2,(H,15,17). The minimum atomic E-state index is -0.522. The molecule has 2 N–H and O–H groups in total. The van der Waals surface area contributed by atoms with Crippen LogP contribution < -0.4 is 10.1 Å². The molecule has 2 rings (SSSR count). The minimum absolute atomic E-state index is 0.0436. The van der Waals surface area contributed by atoms with E-state index in [0.29, 0.717) is 18.7 Å². The number of benzene rings is 1. The van der Waals surface area contributed by atoms with Crippen LogP contribution in [0.4, 0.5) is 4.79 Å². The number of amides is 1. The molecule has 1 heterocycles. The van der Waals surface area contributed by atoms with E-state index in [4.69, 9.17) is 9.84 Å². The van der Waals surface area contributed by atoms with Crippen LogP contribution in [-0.2, 0) is 0 Å². The fourth-order valence-corrected chi connectivity index (χ4v) is 1.53. The summed E-state index contributed by atoms with van der Waals surface area (Å²) in [7, 11) is 0. The number of aromatic nitrogens is 1. The number of aliphatic hydroxyl groups is 1. The summed E-state index contributed by atoms with van der Waals surface area (Å²) >= 11 is 0. The molecular formula is C13H14N2O3. The number of hydrogen-bond acceptors (Lipinski definition) is 4. The summed E-state index contributed by atoms with van der Waals surface area (Å²) in [5.41, 5.74) is 0.852. The lowest BCUT2D eigenvalue weighted by Gasteiger charge is -2.06. The third kappa shape index (κ3) is 3.18. The Balaban J connectivity index is 2.01. The molecule has 0 saturated heterocycles. The van der Waals surface area contributed by atoms with Crippen LogP contribution in [0.1, 0.15) is 6.42 Å². The molecule has 0 bridgehead atoms. The molecule has 1 aromatic carbocycles. The number of ether oxygens (including phenoxy) is 1. The molecule has 94 valence electrons. The first kappa shape index (κ1) is 12.3. The van der Waals surface area contributed by atoms with Crippen molar-refractivity contribution in [1.29, 1.82) is 0 Å². The summed E-state index contributed by atoms with van der Waals surface area (Å²) in [6, 6.07) is 8.98. The van der Waals surface area contributed by atoms with E-state index in [1.54, 1.807) is 24.4 Å². The zero-order valence-corrected chi connectivity index (χ0v) is 9.80. The highest BCUT2D eigenvalue weighted by molar-refractivity contribution is 5.81. The topological polar surface area (TPSA) is 71.5 Å². The summed E-state index contributed by atoms with van der Waals surface area (Å²) in [4.78, 5) is 15.6. The van der Waals surface area contributed by atoms with Crippen molar-refractivity contribution in [1.82, 2.24) is 10.3 Å². The van der Waals surface area contributed by atoms with Crippen molar-refractivity contribution in [2.75, 3.05) is 13.2 Å². The monoisotopic (exact) mass is 246 g/mol. The summed E-state index contributed by atoms with van der Waals surface area (Å²) in [5, 5.41) is 12.0. The highest BCUT2D eigenvalue weighted by atomic mass is 16.6. The average molecular weight is 246 g/mol. The number of nitrogens with zero attached hydrogens (tertiary/aromatic N) is 1. The van der Waals surface area contributed by atoms with Gasteiger partial charge in [0.15, 0.2) is 0 Å². The van der Waals surface area contributed by atoms with Crippen molar-refractivity contribution in [3.8, 4) is 5.75 Å². The molecule has 0 unspecified atom stereocenters. The van der Waals surface area contributed by atoms with Crippen LogP contribution >= 0.6 is 0 Å². The third-order valence-corrected chi connectivity index (χ3v) is 2.39. The smallest absolute Gasteiger partial charge is 0.410 e. The van der Waals surface area contributed by atoms with Gasteiger partial charge < -0.3 is 15.2 Å². The van der Waals surface area contributed by atoms with E-state index in [-0.39, 0.29) is 6.61 Å². The number of pyridine rings is 1. The third-order valence-electron chi connectivity index (χ3n) is 2.39. The zero-order chi connectivity index (χ0) is 12.8. The first-order chi connectivity index (χ1) is 8.79. The van der Waals surface area contributed by atoms with E-state index >= 15 is 0 Å². The maximum atomic E-state index is 11.4. The van der Waals surface area contributed by atoms with Gasteiger partial charge in [-0.2, -0.15) is 0 Å². The van der Waals surface area contributed by atoms with Gasteiger partial charge >= 0.3 is 6.09 Å². The highest BCUT2D eigenvalue weighted by Crippen LogP contribution is 2.18. The molecule has 18 heavy (non-hydrogen) atoms.